The van der Waals surface area contributed by atoms with Gasteiger partial charge in [0.25, 0.3) is 5.91 Å². The molecule has 0 fully saturated rings. The van der Waals surface area contributed by atoms with Gasteiger partial charge in [0, 0.05) is 25.6 Å². The number of hydrogen-bond acceptors (Lipinski definition) is 4. The first-order valence-electron chi connectivity index (χ1n) is 10.8. The van der Waals surface area contributed by atoms with Gasteiger partial charge in [0.15, 0.2) is 0 Å². The Morgan fingerprint density at radius 2 is 1.66 bits per heavy atom. The lowest BCUT2D eigenvalue weighted by Crippen LogP contribution is -2.24. The Hall–Kier alpha value is -3.67. The van der Waals surface area contributed by atoms with Gasteiger partial charge in [-0.15, -0.1) is 0 Å². The normalized spacial score (nSPS) is 10.6. The Balaban J connectivity index is 1.68. The molecule has 32 heavy (non-hydrogen) atoms. The van der Waals surface area contributed by atoms with Crippen LogP contribution in [0.15, 0.2) is 69.9 Å². The van der Waals surface area contributed by atoms with Crippen molar-refractivity contribution in [1.29, 1.82) is 0 Å². The summed E-state index contributed by atoms with van der Waals surface area (Å²) in [5.74, 6) is -0.0177. The van der Waals surface area contributed by atoms with Crippen LogP contribution in [-0.2, 0) is 24.1 Å². The molecule has 6 nitrogen and oxygen atoms in total. The maximum Gasteiger partial charge on any atom is 0.349 e. The lowest BCUT2D eigenvalue weighted by atomic mass is 10.0. The van der Waals surface area contributed by atoms with Crippen molar-refractivity contribution in [2.45, 2.75) is 39.0 Å². The van der Waals surface area contributed by atoms with Gasteiger partial charge in [0.1, 0.15) is 11.3 Å². The molecule has 0 aliphatic rings. The summed E-state index contributed by atoms with van der Waals surface area (Å²) in [6.45, 7) is 1.74. The molecule has 3 rings (SSSR count). The zero-order valence-corrected chi connectivity index (χ0v) is 18.4. The number of hydrogen-bond donors (Lipinski definition) is 2. The summed E-state index contributed by atoms with van der Waals surface area (Å²) in [6.07, 6.45) is 3.14. The Morgan fingerprint density at radius 1 is 0.938 bits per heavy atom. The van der Waals surface area contributed by atoms with E-state index in [1.807, 2.05) is 30.3 Å². The summed E-state index contributed by atoms with van der Waals surface area (Å²) in [5.41, 5.74) is 2.57. The monoisotopic (exact) mass is 432 g/mol. The predicted octanol–water partition coefficient (Wildman–Crippen LogP) is 4.05. The average molecular weight is 433 g/mol. The SMILES string of the molecule is CNC(=O)CCc1ccccc1NC(=O)c1c(C)cc(CCCc2ccccc2)oc1=O. The van der Waals surface area contributed by atoms with Gasteiger partial charge < -0.3 is 15.1 Å². The standard InChI is InChI=1S/C26H28N2O4/c1-18-17-21(13-8-11-19-9-4-3-5-10-19)32-26(31)24(18)25(30)28-22-14-7-6-12-20(22)15-16-23(29)27-2/h3-7,9-10,12,14,17H,8,11,13,15-16H2,1-2H3,(H,27,29)(H,28,30). The van der Waals surface area contributed by atoms with Crippen LogP contribution in [0.4, 0.5) is 5.69 Å². The fourth-order valence-corrected chi connectivity index (χ4v) is 3.60. The minimum absolute atomic E-state index is 0.00193. The van der Waals surface area contributed by atoms with Crippen LogP contribution in [0, 0.1) is 6.92 Å². The molecule has 2 amide bonds. The first kappa shape index (κ1) is 23.0. The van der Waals surface area contributed by atoms with Crippen molar-refractivity contribution in [3.8, 4) is 0 Å². The molecule has 2 N–H and O–H groups in total. The summed E-state index contributed by atoms with van der Waals surface area (Å²) < 4.78 is 5.44. The van der Waals surface area contributed by atoms with Crippen LogP contribution >= 0.6 is 0 Å². The van der Waals surface area contributed by atoms with Gasteiger partial charge in [-0.1, -0.05) is 48.5 Å². The minimum Gasteiger partial charge on any atom is -0.427 e. The van der Waals surface area contributed by atoms with E-state index in [1.165, 1.54) is 5.56 Å². The van der Waals surface area contributed by atoms with E-state index in [1.54, 1.807) is 32.2 Å². The molecule has 1 aromatic heterocycles. The topological polar surface area (TPSA) is 88.4 Å². The highest BCUT2D eigenvalue weighted by Gasteiger charge is 2.18. The molecule has 0 bridgehead atoms. The van der Waals surface area contributed by atoms with Crippen LogP contribution in [0.25, 0.3) is 0 Å². The first-order valence-corrected chi connectivity index (χ1v) is 10.8. The van der Waals surface area contributed by atoms with Crippen LogP contribution in [0.5, 0.6) is 0 Å². The Bertz CT molecular complexity index is 1140. The van der Waals surface area contributed by atoms with E-state index >= 15 is 0 Å². The Labute approximate surface area is 187 Å². The molecule has 1 heterocycles. The number of para-hydroxylation sites is 1. The zero-order valence-electron chi connectivity index (χ0n) is 18.4. The van der Waals surface area contributed by atoms with E-state index in [0.717, 1.165) is 18.4 Å². The van der Waals surface area contributed by atoms with Gasteiger partial charge in [0.2, 0.25) is 5.91 Å². The van der Waals surface area contributed by atoms with E-state index in [0.29, 0.717) is 36.3 Å². The van der Waals surface area contributed by atoms with Crippen LogP contribution in [0.2, 0.25) is 0 Å². The quantitative estimate of drug-likeness (QED) is 0.534. The van der Waals surface area contributed by atoms with E-state index in [-0.39, 0.29) is 11.5 Å². The molecular weight excluding hydrogens is 404 g/mol. The van der Waals surface area contributed by atoms with Gasteiger partial charge in [-0.05, 0) is 55.0 Å². The number of nitrogens with one attached hydrogen (secondary N) is 2. The third kappa shape index (κ3) is 6.17. The second-order valence-corrected chi connectivity index (χ2v) is 7.68. The molecule has 0 atom stereocenters. The predicted molar refractivity (Wildman–Crippen MR) is 125 cm³/mol. The highest BCUT2D eigenvalue weighted by Crippen LogP contribution is 2.19. The fourth-order valence-electron chi connectivity index (χ4n) is 3.60. The maximum absolute atomic E-state index is 12.9. The van der Waals surface area contributed by atoms with Crippen molar-refractivity contribution in [1.82, 2.24) is 5.32 Å². The highest BCUT2D eigenvalue weighted by atomic mass is 16.4. The summed E-state index contributed by atoms with van der Waals surface area (Å²) in [5, 5.41) is 5.39. The molecule has 0 spiro atoms. The van der Waals surface area contributed by atoms with E-state index in [2.05, 4.69) is 22.8 Å². The van der Waals surface area contributed by atoms with Gasteiger partial charge in [-0.3, -0.25) is 9.59 Å². The third-order valence-electron chi connectivity index (χ3n) is 5.32. The fraction of sp³-hybridized carbons (Fsp3) is 0.269. The van der Waals surface area contributed by atoms with Crippen LogP contribution in [0.1, 0.15) is 45.7 Å². The molecular formula is C26H28N2O4. The molecule has 6 heteroatoms. The molecule has 0 unspecified atom stereocenters. The van der Waals surface area contributed by atoms with Crippen molar-refractivity contribution in [2.75, 3.05) is 12.4 Å². The van der Waals surface area contributed by atoms with Crippen LogP contribution in [0.3, 0.4) is 0 Å². The molecule has 166 valence electrons. The van der Waals surface area contributed by atoms with Gasteiger partial charge in [-0.2, -0.15) is 0 Å². The van der Waals surface area contributed by atoms with E-state index in [9.17, 15) is 14.4 Å². The lowest BCUT2D eigenvalue weighted by molar-refractivity contribution is -0.120. The summed E-state index contributed by atoms with van der Waals surface area (Å²) in [7, 11) is 1.59. The second kappa shape index (κ2) is 11.1. The third-order valence-corrected chi connectivity index (χ3v) is 5.32. The van der Waals surface area contributed by atoms with Crippen LogP contribution in [-0.4, -0.2) is 18.9 Å². The van der Waals surface area contributed by atoms with Crippen LogP contribution < -0.4 is 16.3 Å². The number of anilines is 1. The number of carbonyl (C=O) groups excluding carboxylic acids is 2. The molecule has 0 saturated carbocycles. The number of aryl methyl sites for hydroxylation is 4. The summed E-state index contributed by atoms with van der Waals surface area (Å²) >= 11 is 0. The number of rotatable bonds is 9. The van der Waals surface area contributed by atoms with Gasteiger partial charge >= 0.3 is 5.63 Å². The summed E-state index contributed by atoms with van der Waals surface area (Å²) in [6, 6.07) is 19.1. The molecule has 0 aliphatic heterocycles. The second-order valence-electron chi connectivity index (χ2n) is 7.68. The summed E-state index contributed by atoms with van der Waals surface area (Å²) in [4.78, 5) is 37.0. The van der Waals surface area contributed by atoms with Crippen molar-refractivity contribution >= 4 is 17.5 Å². The molecule has 0 aliphatic carbocycles. The van der Waals surface area contributed by atoms with E-state index < -0.39 is 11.5 Å². The van der Waals surface area contributed by atoms with Gasteiger partial charge in [0.05, 0.1) is 0 Å². The number of amides is 2. The van der Waals surface area contributed by atoms with Crippen molar-refractivity contribution < 1.29 is 14.0 Å². The number of benzene rings is 2. The maximum atomic E-state index is 12.9. The molecule has 0 saturated heterocycles. The Kier molecular flexibility index (Phi) is 7.97. The first-order chi connectivity index (χ1) is 15.5. The highest BCUT2D eigenvalue weighted by molar-refractivity contribution is 6.05. The zero-order chi connectivity index (χ0) is 22.9. The Morgan fingerprint density at radius 3 is 2.38 bits per heavy atom. The number of carbonyl (C=O) groups is 2. The average Bonchev–Trinajstić information content (AvgIpc) is 2.78. The van der Waals surface area contributed by atoms with Gasteiger partial charge in [-0.25, -0.2) is 4.79 Å². The van der Waals surface area contributed by atoms with Crippen molar-refractivity contribution in [3.63, 3.8) is 0 Å². The molecule has 0 radical (unpaired) electrons. The molecule has 3 aromatic rings. The minimum atomic E-state index is -0.639. The van der Waals surface area contributed by atoms with Crippen molar-refractivity contribution in [3.05, 3.63) is 99.1 Å². The lowest BCUT2D eigenvalue weighted by Gasteiger charge is -2.12. The molecule has 2 aromatic carbocycles. The smallest absolute Gasteiger partial charge is 0.349 e. The largest absolute Gasteiger partial charge is 0.427 e. The van der Waals surface area contributed by atoms with Crippen molar-refractivity contribution in [2.24, 2.45) is 0 Å². The van der Waals surface area contributed by atoms with E-state index in [4.69, 9.17) is 4.42 Å².